The summed E-state index contributed by atoms with van der Waals surface area (Å²) in [6.07, 6.45) is 2.51. The van der Waals surface area contributed by atoms with Crippen molar-refractivity contribution in [2.45, 2.75) is 46.2 Å². The molecular weight excluding hydrogens is 170 g/mol. The van der Waals surface area contributed by atoms with Crippen LogP contribution in [0, 0.1) is 6.92 Å². The lowest BCUT2D eigenvalue weighted by Gasteiger charge is -2.12. The minimum Gasteiger partial charge on any atom is -0.310 e. The highest BCUT2D eigenvalue weighted by Gasteiger charge is 1.99. The van der Waals surface area contributed by atoms with Gasteiger partial charge in [-0.25, -0.2) is 0 Å². The molecule has 0 aliphatic carbocycles. The molecule has 1 heteroatoms. The van der Waals surface area contributed by atoms with Crippen molar-refractivity contribution in [3.8, 4) is 0 Å². The minimum absolute atomic E-state index is 0.625. The molecule has 0 fully saturated rings. The number of aryl methyl sites for hydroxylation is 1. The molecule has 0 radical (unpaired) electrons. The first-order chi connectivity index (χ1) is 6.72. The Balaban J connectivity index is 2.37. The molecule has 0 aliphatic heterocycles. The molecule has 1 atom stereocenters. The molecule has 0 amide bonds. The van der Waals surface area contributed by atoms with Crippen molar-refractivity contribution in [3.05, 3.63) is 35.4 Å². The van der Waals surface area contributed by atoms with Crippen LogP contribution in [0.2, 0.25) is 0 Å². The van der Waals surface area contributed by atoms with E-state index in [4.69, 9.17) is 0 Å². The summed E-state index contributed by atoms with van der Waals surface area (Å²) in [6.45, 7) is 7.60. The number of rotatable bonds is 5. The maximum Gasteiger partial charge on any atom is 0.0208 e. The van der Waals surface area contributed by atoms with Gasteiger partial charge in [-0.15, -0.1) is 0 Å². The molecule has 0 spiro atoms. The second-order valence-electron chi connectivity index (χ2n) is 4.06. The Morgan fingerprint density at radius 2 is 2.14 bits per heavy atom. The van der Waals surface area contributed by atoms with Crippen molar-refractivity contribution in [2.75, 3.05) is 0 Å². The highest BCUT2D eigenvalue weighted by atomic mass is 14.9. The zero-order chi connectivity index (χ0) is 10.4. The minimum atomic E-state index is 0.625. The van der Waals surface area contributed by atoms with Gasteiger partial charge in [-0.05, 0) is 25.8 Å². The molecule has 1 N–H and O–H groups in total. The first kappa shape index (κ1) is 11.3. The number of nitrogens with one attached hydrogen (secondary N) is 1. The Hall–Kier alpha value is -0.820. The Morgan fingerprint density at radius 3 is 2.79 bits per heavy atom. The predicted octanol–water partition coefficient (Wildman–Crippen LogP) is 3.27. The van der Waals surface area contributed by atoms with Crippen LogP contribution >= 0.6 is 0 Å². The van der Waals surface area contributed by atoms with Gasteiger partial charge in [0, 0.05) is 12.6 Å². The smallest absolute Gasteiger partial charge is 0.0208 e. The Morgan fingerprint density at radius 1 is 1.36 bits per heavy atom. The average Bonchev–Trinajstić information content (AvgIpc) is 2.15. The molecule has 78 valence electrons. The molecule has 1 aromatic rings. The summed E-state index contributed by atoms with van der Waals surface area (Å²) in [7, 11) is 0. The normalized spacial score (nSPS) is 12.8. The summed E-state index contributed by atoms with van der Waals surface area (Å²) >= 11 is 0. The monoisotopic (exact) mass is 191 g/mol. The van der Waals surface area contributed by atoms with Gasteiger partial charge >= 0.3 is 0 Å². The van der Waals surface area contributed by atoms with Crippen LogP contribution in [0.3, 0.4) is 0 Å². The van der Waals surface area contributed by atoms with Crippen LogP contribution in [-0.4, -0.2) is 6.04 Å². The van der Waals surface area contributed by atoms with Crippen LogP contribution in [0.15, 0.2) is 24.3 Å². The van der Waals surface area contributed by atoms with Crippen LogP contribution in [-0.2, 0) is 6.54 Å². The van der Waals surface area contributed by atoms with Gasteiger partial charge in [0.2, 0.25) is 0 Å². The summed E-state index contributed by atoms with van der Waals surface area (Å²) < 4.78 is 0. The van der Waals surface area contributed by atoms with Gasteiger partial charge in [0.1, 0.15) is 0 Å². The topological polar surface area (TPSA) is 12.0 Å². The second-order valence-corrected chi connectivity index (χ2v) is 4.06. The van der Waals surface area contributed by atoms with E-state index in [-0.39, 0.29) is 0 Å². The zero-order valence-corrected chi connectivity index (χ0v) is 9.51. The lowest BCUT2D eigenvalue weighted by atomic mass is 10.1. The summed E-state index contributed by atoms with van der Waals surface area (Å²) in [6, 6.07) is 9.31. The molecule has 1 nitrogen and oxygen atoms in total. The van der Waals surface area contributed by atoms with E-state index >= 15 is 0 Å². The SMILES string of the molecule is CCCC(C)NCc1cccc(C)c1. The van der Waals surface area contributed by atoms with Crippen molar-refractivity contribution in [2.24, 2.45) is 0 Å². The summed E-state index contributed by atoms with van der Waals surface area (Å²) in [5.41, 5.74) is 2.72. The lowest BCUT2D eigenvalue weighted by molar-refractivity contribution is 0.508. The van der Waals surface area contributed by atoms with Crippen LogP contribution < -0.4 is 5.32 Å². The number of benzene rings is 1. The fraction of sp³-hybridized carbons (Fsp3) is 0.538. The van der Waals surface area contributed by atoms with Crippen molar-refractivity contribution < 1.29 is 0 Å². The van der Waals surface area contributed by atoms with Gasteiger partial charge < -0.3 is 5.32 Å². The summed E-state index contributed by atoms with van der Waals surface area (Å²) in [4.78, 5) is 0. The first-order valence-electron chi connectivity index (χ1n) is 5.51. The number of hydrogen-bond donors (Lipinski definition) is 1. The van der Waals surface area contributed by atoms with E-state index in [9.17, 15) is 0 Å². The van der Waals surface area contributed by atoms with Crippen molar-refractivity contribution in [1.82, 2.24) is 5.32 Å². The molecule has 1 unspecified atom stereocenters. The van der Waals surface area contributed by atoms with Gasteiger partial charge in [0.15, 0.2) is 0 Å². The molecule has 14 heavy (non-hydrogen) atoms. The molecule has 1 rings (SSSR count). The maximum atomic E-state index is 3.53. The quantitative estimate of drug-likeness (QED) is 0.753. The highest BCUT2D eigenvalue weighted by Crippen LogP contribution is 2.04. The van der Waals surface area contributed by atoms with Crippen LogP contribution in [0.1, 0.15) is 37.8 Å². The van der Waals surface area contributed by atoms with Crippen molar-refractivity contribution >= 4 is 0 Å². The molecule has 0 heterocycles. The van der Waals surface area contributed by atoms with Gasteiger partial charge in [0.25, 0.3) is 0 Å². The summed E-state index contributed by atoms with van der Waals surface area (Å²) in [5, 5.41) is 3.53. The third-order valence-electron chi connectivity index (χ3n) is 2.46. The Bertz CT molecular complexity index is 268. The van der Waals surface area contributed by atoms with E-state index in [1.807, 2.05) is 0 Å². The van der Waals surface area contributed by atoms with Crippen LogP contribution in [0.25, 0.3) is 0 Å². The molecular formula is C13H21N. The first-order valence-corrected chi connectivity index (χ1v) is 5.51. The Labute approximate surface area is 87.5 Å². The van der Waals surface area contributed by atoms with Gasteiger partial charge in [-0.3, -0.25) is 0 Å². The molecule has 0 aliphatic rings. The van der Waals surface area contributed by atoms with E-state index in [1.165, 1.54) is 24.0 Å². The largest absolute Gasteiger partial charge is 0.310 e. The third-order valence-corrected chi connectivity index (χ3v) is 2.46. The van der Waals surface area contributed by atoms with Crippen LogP contribution in [0.5, 0.6) is 0 Å². The van der Waals surface area contributed by atoms with Crippen molar-refractivity contribution in [3.63, 3.8) is 0 Å². The maximum absolute atomic E-state index is 3.53. The van der Waals surface area contributed by atoms with E-state index in [0.717, 1.165) is 6.54 Å². The molecule has 0 aromatic heterocycles. The zero-order valence-electron chi connectivity index (χ0n) is 9.51. The van der Waals surface area contributed by atoms with Gasteiger partial charge in [-0.1, -0.05) is 43.2 Å². The number of hydrogen-bond acceptors (Lipinski definition) is 1. The molecule has 0 saturated carbocycles. The average molecular weight is 191 g/mol. The fourth-order valence-electron chi connectivity index (χ4n) is 1.65. The van der Waals surface area contributed by atoms with E-state index in [0.29, 0.717) is 6.04 Å². The summed E-state index contributed by atoms with van der Waals surface area (Å²) in [5.74, 6) is 0. The lowest BCUT2D eigenvalue weighted by Crippen LogP contribution is -2.25. The standard InChI is InChI=1S/C13H21N/c1-4-6-12(3)14-10-13-8-5-7-11(2)9-13/h5,7-9,12,14H,4,6,10H2,1-3H3. The second kappa shape index (κ2) is 5.82. The molecule has 0 bridgehead atoms. The fourth-order valence-corrected chi connectivity index (χ4v) is 1.65. The third kappa shape index (κ3) is 3.93. The van der Waals surface area contributed by atoms with Crippen LogP contribution in [0.4, 0.5) is 0 Å². The van der Waals surface area contributed by atoms with E-state index in [1.54, 1.807) is 0 Å². The van der Waals surface area contributed by atoms with E-state index < -0.39 is 0 Å². The Kier molecular flexibility index (Phi) is 4.68. The van der Waals surface area contributed by atoms with Gasteiger partial charge in [0.05, 0.1) is 0 Å². The molecule has 1 aromatic carbocycles. The van der Waals surface area contributed by atoms with Crippen molar-refractivity contribution in [1.29, 1.82) is 0 Å². The highest BCUT2D eigenvalue weighted by molar-refractivity contribution is 5.21. The molecule has 0 saturated heterocycles. The van der Waals surface area contributed by atoms with E-state index in [2.05, 4.69) is 50.4 Å². The predicted molar refractivity (Wildman–Crippen MR) is 62.4 cm³/mol. The van der Waals surface area contributed by atoms with Gasteiger partial charge in [-0.2, -0.15) is 0 Å².